The van der Waals surface area contributed by atoms with E-state index in [0.29, 0.717) is 15.8 Å². The van der Waals surface area contributed by atoms with Crippen molar-refractivity contribution in [3.05, 3.63) is 28.8 Å². The molecule has 1 heterocycles. The van der Waals surface area contributed by atoms with Crippen LogP contribution in [0.3, 0.4) is 0 Å². The van der Waals surface area contributed by atoms with Gasteiger partial charge in [0.1, 0.15) is 5.75 Å². The summed E-state index contributed by atoms with van der Waals surface area (Å²) in [6, 6.07) is 5.15. The van der Waals surface area contributed by atoms with Gasteiger partial charge in [-0.05, 0) is 23.8 Å². The molecule has 2 rings (SSSR count). The highest BCUT2D eigenvalue weighted by molar-refractivity contribution is 7.80. The van der Waals surface area contributed by atoms with Crippen molar-refractivity contribution < 1.29 is 14.6 Å². The molecule has 1 aliphatic rings. The predicted molar refractivity (Wildman–Crippen MR) is 80.6 cm³/mol. The number of hydrogen-bond donors (Lipinski definition) is 2. The van der Waals surface area contributed by atoms with Crippen molar-refractivity contribution in [2.45, 2.75) is 13.3 Å². The fraction of sp³-hybridized carbons (Fsp3) is 0.308. The number of benzene rings is 1. The SMILES string of the molecule is CC1CC(=S)NN=C1c1ccc(OCC(=O)O)c(Cl)c1. The van der Waals surface area contributed by atoms with Crippen molar-refractivity contribution in [3.8, 4) is 5.75 Å². The number of carbonyl (C=O) groups is 1. The fourth-order valence-electron chi connectivity index (χ4n) is 1.92. The lowest BCUT2D eigenvalue weighted by Gasteiger charge is -2.21. The lowest BCUT2D eigenvalue weighted by molar-refractivity contribution is -0.139. The summed E-state index contributed by atoms with van der Waals surface area (Å²) in [4.78, 5) is 11.2. The summed E-state index contributed by atoms with van der Waals surface area (Å²) in [7, 11) is 0. The quantitative estimate of drug-likeness (QED) is 0.836. The first kappa shape index (κ1) is 14.7. The van der Waals surface area contributed by atoms with E-state index in [0.717, 1.165) is 17.7 Å². The lowest BCUT2D eigenvalue weighted by atomic mass is 9.94. The Kier molecular flexibility index (Phi) is 4.57. The van der Waals surface area contributed by atoms with E-state index in [1.54, 1.807) is 18.2 Å². The summed E-state index contributed by atoms with van der Waals surface area (Å²) < 4.78 is 5.08. The standard InChI is InChI=1S/C13H13ClN2O3S/c1-7-4-11(20)15-16-13(7)8-2-3-10(9(14)5-8)19-6-12(17)18/h2-3,5,7H,4,6H2,1H3,(H,15,20)(H,17,18). The van der Waals surface area contributed by atoms with Gasteiger partial charge in [0.2, 0.25) is 0 Å². The number of aliphatic carboxylic acids is 1. The highest BCUT2D eigenvalue weighted by Crippen LogP contribution is 2.27. The zero-order valence-corrected chi connectivity index (χ0v) is 12.3. The minimum atomic E-state index is -1.05. The number of carboxylic acid groups (broad SMARTS) is 1. The molecule has 0 saturated carbocycles. The van der Waals surface area contributed by atoms with Crippen molar-refractivity contribution in [2.75, 3.05) is 6.61 Å². The average molecular weight is 313 g/mol. The van der Waals surface area contributed by atoms with E-state index in [4.69, 9.17) is 33.7 Å². The molecule has 0 bridgehead atoms. The highest BCUT2D eigenvalue weighted by atomic mass is 35.5. The number of ether oxygens (including phenoxy) is 1. The molecule has 2 N–H and O–H groups in total. The van der Waals surface area contributed by atoms with Gasteiger partial charge in [-0.2, -0.15) is 5.10 Å². The summed E-state index contributed by atoms with van der Waals surface area (Å²) in [5.74, 6) is -0.510. The zero-order chi connectivity index (χ0) is 14.7. The van der Waals surface area contributed by atoms with Crippen LogP contribution < -0.4 is 10.2 Å². The topological polar surface area (TPSA) is 70.9 Å². The molecule has 1 aromatic carbocycles. The number of nitrogens with zero attached hydrogens (tertiary/aromatic N) is 1. The van der Waals surface area contributed by atoms with Gasteiger partial charge >= 0.3 is 5.97 Å². The Morgan fingerprint density at radius 1 is 1.65 bits per heavy atom. The Bertz CT molecular complexity index is 589. The van der Waals surface area contributed by atoms with E-state index in [9.17, 15) is 4.79 Å². The van der Waals surface area contributed by atoms with Gasteiger partial charge in [0, 0.05) is 12.3 Å². The van der Waals surface area contributed by atoms with Crippen LogP contribution in [0.2, 0.25) is 5.02 Å². The molecule has 0 amide bonds. The largest absolute Gasteiger partial charge is 0.480 e. The van der Waals surface area contributed by atoms with Crippen LogP contribution in [0.4, 0.5) is 0 Å². The molecule has 1 aromatic rings. The van der Waals surface area contributed by atoms with Crippen LogP contribution in [-0.4, -0.2) is 28.4 Å². The molecule has 7 heteroatoms. The van der Waals surface area contributed by atoms with E-state index in [1.165, 1.54) is 0 Å². The summed E-state index contributed by atoms with van der Waals surface area (Å²) in [6.07, 6.45) is 0.739. The summed E-state index contributed by atoms with van der Waals surface area (Å²) >= 11 is 11.2. The molecule has 0 spiro atoms. The predicted octanol–water partition coefficient (Wildman–Crippen LogP) is 2.46. The first-order valence-electron chi connectivity index (χ1n) is 5.98. The second kappa shape index (κ2) is 6.19. The molecular weight excluding hydrogens is 300 g/mol. The van der Waals surface area contributed by atoms with Crippen molar-refractivity contribution in [1.82, 2.24) is 5.43 Å². The molecule has 0 aliphatic carbocycles. The van der Waals surface area contributed by atoms with Crippen LogP contribution in [0.25, 0.3) is 0 Å². The number of carboxylic acids is 1. The van der Waals surface area contributed by atoms with Crippen molar-refractivity contribution in [2.24, 2.45) is 11.0 Å². The third kappa shape index (κ3) is 3.46. The number of nitrogens with one attached hydrogen (secondary N) is 1. The van der Waals surface area contributed by atoms with Gasteiger partial charge in [-0.3, -0.25) is 5.43 Å². The van der Waals surface area contributed by atoms with Crippen molar-refractivity contribution in [1.29, 1.82) is 0 Å². The second-order valence-corrected chi connectivity index (χ2v) is 5.36. The van der Waals surface area contributed by atoms with E-state index in [1.807, 2.05) is 6.92 Å². The molecule has 0 aromatic heterocycles. The van der Waals surface area contributed by atoms with Crippen LogP contribution in [0.1, 0.15) is 18.9 Å². The van der Waals surface area contributed by atoms with E-state index < -0.39 is 12.6 Å². The van der Waals surface area contributed by atoms with Gasteiger partial charge in [0.25, 0.3) is 0 Å². The number of hydrogen-bond acceptors (Lipinski definition) is 4. The Labute approximate surface area is 126 Å². The van der Waals surface area contributed by atoms with Gasteiger partial charge in [-0.1, -0.05) is 30.7 Å². The van der Waals surface area contributed by atoms with Gasteiger partial charge < -0.3 is 9.84 Å². The Morgan fingerprint density at radius 3 is 3.00 bits per heavy atom. The number of thiocarbonyl (C=S) groups is 1. The summed E-state index contributed by atoms with van der Waals surface area (Å²) in [5.41, 5.74) is 4.53. The first-order valence-corrected chi connectivity index (χ1v) is 6.77. The maximum Gasteiger partial charge on any atom is 0.341 e. The van der Waals surface area contributed by atoms with Crippen molar-refractivity contribution in [3.63, 3.8) is 0 Å². The van der Waals surface area contributed by atoms with Crippen molar-refractivity contribution >= 4 is 40.5 Å². The summed E-state index contributed by atoms with van der Waals surface area (Å²) in [5, 5.41) is 13.2. The molecule has 0 radical (unpaired) electrons. The lowest BCUT2D eigenvalue weighted by Crippen LogP contribution is -2.30. The molecule has 1 atom stereocenters. The first-order chi connectivity index (χ1) is 9.47. The maximum absolute atomic E-state index is 10.5. The summed E-state index contributed by atoms with van der Waals surface area (Å²) in [6.45, 7) is 1.61. The van der Waals surface area contributed by atoms with E-state index in [2.05, 4.69) is 10.5 Å². The third-order valence-electron chi connectivity index (χ3n) is 2.84. The minimum Gasteiger partial charge on any atom is -0.480 e. The molecule has 106 valence electrons. The van der Waals surface area contributed by atoms with Crippen LogP contribution in [-0.2, 0) is 4.79 Å². The van der Waals surface area contributed by atoms with E-state index in [-0.39, 0.29) is 5.92 Å². The zero-order valence-electron chi connectivity index (χ0n) is 10.7. The molecule has 0 fully saturated rings. The Morgan fingerprint density at radius 2 is 2.40 bits per heavy atom. The van der Waals surface area contributed by atoms with Crippen LogP contribution in [0, 0.1) is 5.92 Å². The second-order valence-electron chi connectivity index (χ2n) is 4.46. The van der Waals surface area contributed by atoms with Gasteiger partial charge in [0.05, 0.1) is 15.7 Å². The molecule has 20 heavy (non-hydrogen) atoms. The molecular formula is C13H13ClN2O3S. The van der Waals surface area contributed by atoms with E-state index >= 15 is 0 Å². The maximum atomic E-state index is 10.5. The normalized spacial score (nSPS) is 18.2. The average Bonchev–Trinajstić information content (AvgIpc) is 2.37. The number of rotatable bonds is 4. The highest BCUT2D eigenvalue weighted by Gasteiger charge is 2.20. The fourth-order valence-corrected chi connectivity index (χ4v) is 2.45. The number of hydrazone groups is 1. The number of halogens is 1. The molecule has 5 nitrogen and oxygen atoms in total. The van der Waals surface area contributed by atoms with Crippen LogP contribution >= 0.6 is 23.8 Å². The van der Waals surface area contributed by atoms with Crippen LogP contribution in [0.5, 0.6) is 5.75 Å². The smallest absolute Gasteiger partial charge is 0.341 e. The monoisotopic (exact) mass is 312 g/mol. The van der Waals surface area contributed by atoms with Gasteiger partial charge in [-0.25, -0.2) is 4.79 Å². The Balaban J connectivity index is 2.20. The minimum absolute atomic E-state index is 0.200. The molecule has 0 saturated heterocycles. The Hall–Kier alpha value is -1.66. The van der Waals surface area contributed by atoms with Gasteiger partial charge in [0.15, 0.2) is 6.61 Å². The van der Waals surface area contributed by atoms with Gasteiger partial charge in [-0.15, -0.1) is 0 Å². The molecule has 1 aliphatic heterocycles. The third-order valence-corrected chi connectivity index (χ3v) is 3.39. The van der Waals surface area contributed by atoms with Crippen LogP contribution in [0.15, 0.2) is 23.3 Å². The molecule has 1 unspecified atom stereocenters.